The maximum absolute atomic E-state index is 12.5. The summed E-state index contributed by atoms with van der Waals surface area (Å²) in [6.45, 7) is 0.478. The molecule has 4 aromatic rings. The van der Waals surface area contributed by atoms with Crippen LogP contribution in [-0.4, -0.2) is 40.4 Å². The quantitative estimate of drug-likeness (QED) is 0.226. The van der Waals surface area contributed by atoms with Crippen LogP contribution in [0.3, 0.4) is 0 Å². The first kappa shape index (κ1) is 25.3. The number of aromatic nitrogens is 3. The number of aromatic amines is 1. The van der Waals surface area contributed by atoms with Gasteiger partial charge in [-0.15, -0.1) is 11.3 Å². The molecule has 3 N–H and O–H groups in total. The van der Waals surface area contributed by atoms with Crippen molar-refractivity contribution in [3.05, 3.63) is 83.2 Å². The fourth-order valence-corrected chi connectivity index (χ4v) is 4.64. The smallest absolute Gasteiger partial charge is 0.263 e. The number of hydrogen-bond donors (Lipinski definition) is 3. The number of unbranched alkanes of at least 4 members (excludes halogenated alkanes) is 2. The Morgan fingerprint density at radius 1 is 0.944 bits per heavy atom. The zero-order valence-electron chi connectivity index (χ0n) is 20.4. The number of rotatable bonds is 12. The summed E-state index contributed by atoms with van der Waals surface area (Å²) in [6.07, 6.45) is 7.57. The van der Waals surface area contributed by atoms with Crippen LogP contribution in [0, 0.1) is 0 Å². The van der Waals surface area contributed by atoms with Crippen molar-refractivity contribution < 1.29 is 9.59 Å². The molecule has 4 rings (SSSR count). The van der Waals surface area contributed by atoms with E-state index < -0.39 is 0 Å². The molecule has 8 heteroatoms. The Balaban J connectivity index is 1.42. The molecule has 186 valence electrons. The molecule has 0 aliphatic rings. The van der Waals surface area contributed by atoms with Crippen LogP contribution in [0.15, 0.2) is 72.5 Å². The van der Waals surface area contributed by atoms with Gasteiger partial charge in [-0.2, -0.15) is 0 Å². The Labute approximate surface area is 215 Å². The molecule has 0 saturated carbocycles. The maximum Gasteiger partial charge on any atom is 0.263 e. The van der Waals surface area contributed by atoms with Gasteiger partial charge in [0.05, 0.1) is 23.6 Å². The lowest BCUT2D eigenvalue weighted by Crippen LogP contribution is -2.28. The number of thiazole rings is 1. The highest BCUT2D eigenvalue weighted by Gasteiger charge is 2.18. The molecular weight excluding hydrogens is 470 g/mol. The fraction of sp³-hybridized carbons (Fsp3) is 0.286. The molecular formula is C28H31N5O2S. The predicted molar refractivity (Wildman–Crippen MR) is 144 cm³/mol. The molecule has 0 aliphatic carbocycles. The molecule has 1 atom stereocenters. The Bertz CT molecular complexity index is 1240. The molecule has 1 unspecified atom stereocenters. The zero-order valence-corrected chi connectivity index (χ0v) is 21.2. The lowest BCUT2D eigenvalue weighted by Gasteiger charge is -2.15. The first-order chi connectivity index (χ1) is 17.6. The molecule has 36 heavy (non-hydrogen) atoms. The van der Waals surface area contributed by atoms with E-state index in [1.807, 2.05) is 24.4 Å². The van der Waals surface area contributed by atoms with Gasteiger partial charge in [0, 0.05) is 25.9 Å². The molecule has 0 spiro atoms. The second kappa shape index (κ2) is 12.8. The molecule has 2 aromatic carbocycles. The topological polar surface area (TPSA) is 99.8 Å². The van der Waals surface area contributed by atoms with E-state index in [2.05, 4.69) is 62.0 Å². The molecule has 0 bridgehead atoms. The standard InChI is InChI=1S/C28H31N5O2S/c1-29-26(34)11-7-3-6-10-23(16-32-28(35)25-18-30-19-36-25)27-31-17-24(33-27)22-14-12-21(13-15-22)20-8-4-2-5-9-20/h2,4-5,8-9,12-15,17-19,23H,3,6-7,10-11,16H2,1H3,(H,29,34)(H,31,33)(H,32,35). The number of imidazole rings is 1. The number of nitrogens with zero attached hydrogens (tertiary/aromatic N) is 2. The third-order valence-corrected chi connectivity index (χ3v) is 6.96. The van der Waals surface area contributed by atoms with Gasteiger partial charge in [-0.05, 0) is 29.5 Å². The minimum Gasteiger partial charge on any atom is -0.359 e. The summed E-state index contributed by atoms with van der Waals surface area (Å²) >= 11 is 1.32. The van der Waals surface area contributed by atoms with Gasteiger partial charge in [0.15, 0.2) is 0 Å². The van der Waals surface area contributed by atoms with E-state index in [9.17, 15) is 9.59 Å². The Kier molecular flexibility index (Phi) is 8.99. The van der Waals surface area contributed by atoms with E-state index >= 15 is 0 Å². The highest BCUT2D eigenvalue weighted by Crippen LogP contribution is 2.26. The normalized spacial score (nSPS) is 11.7. The van der Waals surface area contributed by atoms with Gasteiger partial charge in [-0.25, -0.2) is 4.98 Å². The minimum absolute atomic E-state index is 0.0409. The Morgan fingerprint density at radius 3 is 2.42 bits per heavy atom. The second-order valence-corrected chi connectivity index (χ2v) is 9.56. The van der Waals surface area contributed by atoms with Crippen LogP contribution in [0.1, 0.15) is 53.5 Å². The predicted octanol–water partition coefficient (Wildman–Crippen LogP) is 5.41. The van der Waals surface area contributed by atoms with Crippen LogP contribution in [0.25, 0.3) is 22.4 Å². The van der Waals surface area contributed by atoms with Gasteiger partial charge in [0.25, 0.3) is 5.91 Å². The van der Waals surface area contributed by atoms with E-state index in [-0.39, 0.29) is 17.7 Å². The number of amides is 2. The fourth-order valence-electron chi connectivity index (χ4n) is 4.11. The van der Waals surface area contributed by atoms with Crippen LogP contribution < -0.4 is 10.6 Å². The van der Waals surface area contributed by atoms with Crippen molar-refractivity contribution in [1.29, 1.82) is 0 Å². The molecule has 0 aliphatic heterocycles. The molecule has 2 aromatic heterocycles. The van der Waals surface area contributed by atoms with Crippen molar-refractivity contribution in [1.82, 2.24) is 25.6 Å². The van der Waals surface area contributed by atoms with E-state index in [1.165, 1.54) is 22.5 Å². The molecule has 0 radical (unpaired) electrons. The van der Waals surface area contributed by atoms with Crippen LogP contribution in [0.2, 0.25) is 0 Å². The summed E-state index contributed by atoms with van der Waals surface area (Å²) in [5, 5.41) is 5.70. The number of H-pyrrole nitrogens is 1. The summed E-state index contributed by atoms with van der Waals surface area (Å²) in [4.78, 5) is 36.7. The average molecular weight is 502 g/mol. The van der Waals surface area contributed by atoms with Crippen LogP contribution in [0.4, 0.5) is 0 Å². The largest absolute Gasteiger partial charge is 0.359 e. The summed E-state index contributed by atoms with van der Waals surface area (Å²) < 4.78 is 0. The van der Waals surface area contributed by atoms with E-state index in [4.69, 9.17) is 0 Å². The van der Waals surface area contributed by atoms with Crippen molar-refractivity contribution in [3.8, 4) is 22.4 Å². The lowest BCUT2D eigenvalue weighted by atomic mass is 9.99. The van der Waals surface area contributed by atoms with Gasteiger partial charge in [-0.3, -0.25) is 14.6 Å². The van der Waals surface area contributed by atoms with Gasteiger partial charge in [0.2, 0.25) is 5.91 Å². The van der Waals surface area contributed by atoms with Gasteiger partial charge < -0.3 is 15.6 Å². The highest BCUT2D eigenvalue weighted by atomic mass is 32.1. The Morgan fingerprint density at radius 2 is 1.69 bits per heavy atom. The van der Waals surface area contributed by atoms with E-state index in [1.54, 1.807) is 18.8 Å². The summed E-state index contributed by atoms with van der Waals surface area (Å²) in [5.74, 6) is 0.843. The number of hydrogen-bond acceptors (Lipinski definition) is 5. The van der Waals surface area contributed by atoms with E-state index in [0.29, 0.717) is 17.8 Å². The Hall–Kier alpha value is -3.78. The lowest BCUT2D eigenvalue weighted by molar-refractivity contribution is -0.120. The van der Waals surface area contributed by atoms with Crippen molar-refractivity contribution in [3.63, 3.8) is 0 Å². The number of benzene rings is 2. The molecule has 2 amide bonds. The van der Waals surface area contributed by atoms with Gasteiger partial charge in [-0.1, -0.05) is 67.4 Å². The number of carbonyl (C=O) groups is 2. The molecule has 0 fully saturated rings. The van der Waals surface area contributed by atoms with Gasteiger partial charge >= 0.3 is 0 Å². The minimum atomic E-state index is -0.120. The summed E-state index contributed by atoms with van der Waals surface area (Å²) in [6, 6.07) is 18.7. The average Bonchev–Trinajstić information content (AvgIpc) is 3.64. The summed E-state index contributed by atoms with van der Waals surface area (Å²) in [7, 11) is 1.66. The maximum atomic E-state index is 12.5. The molecule has 7 nitrogen and oxygen atoms in total. The summed E-state index contributed by atoms with van der Waals surface area (Å²) in [5.41, 5.74) is 6.01. The van der Waals surface area contributed by atoms with Crippen LogP contribution in [-0.2, 0) is 4.79 Å². The first-order valence-corrected chi connectivity index (χ1v) is 13.1. The number of carbonyl (C=O) groups excluding carboxylic acids is 2. The van der Waals surface area contributed by atoms with Gasteiger partial charge in [0.1, 0.15) is 10.7 Å². The van der Waals surface area contributed by atoms with Crippen molar-refractivity contribution in [2.45, 2.75) is 38.0 Å². The van der Waals surface area contributed by atoms with E-state index in [0.717, 1.165) is 42.8 Å². The van der Waals surface area contributed by atoms with Crippen molar-refractivity contribution in [2.75, 3.05) is 13.6 Å². The third kappa shape index (κ3) is 6.88. The number of nitrogens with one attached hydrogen (secondary N) is 3. The highest BCUT2D eigenvalue weighted by molar-refractivity contribution is 7.11. The second-order valence-electron chi connectivity index (χ2n) is 8.67. The first-order valence-electron chi connectivity index (χ1n) is 12.2. The van der Waals surface area contributed by atoms with Crippen LogP contribution in [0.5, 0.6) is 0 Å². The van der Waals surface area contributed by atoms with Crippen LogP contribution >= 0.6 is 11.3 Å². The molecule has 0 saturated heterocycles. The monoisotopic (exact) mass is 501 g/mol. The third-order valence-electron chi connectivity index (χ3n) is 6.19. The zero-order chi connectivity index (χ0) is 25.2. The SMILES string of the molecule is CNC(=O)CCCCCC(CNC(=O)c1cncs1)c1ncc(-c2ccc(-c3ccccc3)cc2)[nH]1. The van der Waals surface area contributed by atoms with Crippen molar-refractivity contribution >= 4 is 23.2 Å². The molecule has 2 heterocycles. The van der Waals surface area contributed by atoms with Crippen molar-refractivity contribution in [2.24, 2.45) is 0 Å².